The number of benzene rings is 2. The first-order valence-corrected chi connectivity index (χ1v) is 19.8. The average molecular weight is 804 g/mol. The molecule has 2 fully saturated rings. The maximum atomic E-state index is 12.7. The van der Waals surface area contributed by atoms with Crippen molar-refractivity contribution in [2.24, 2.45) is 5.92 Å². The van der Waals surface area contributed by atoms with E-state index < -0.39 is 30.6 Å². The molecule has 2 aromatic heterocycles. The molecule has 0 radical (unpaired) electrons. The lowest BCUT2D eigenvalue weighted by atomic mass is 9.89. The van der Waals surface area contributed by atoms with Gasteiger partial charge in [-0.1, -0.05) is 72.8 Å². The Kier molecular flexibility index (Phi) is 15.1. The van der Waals surface area contributed by atoms with Crippen LogP contribution in [-0.2, 0) is 30.4 Å². The minimum absolute atomic E-state index is 0.0550. The molecule has 14 nitrogen and oxygen atoms in total. The first-order valence-electron chi connectivity index (χ1n) is 18.5. The van der Waals surface area contributed by atoms with Crippen LogP contribution in [0.1, 0.15) is 56.7 Å². The Balaban J connectivity index is 0.000000214. The lowest BCUT2D eigenvalue weighted by Gasteiger charge is -2.31. The van der Waals surface area contributed by atoms with E-state index in [9.17, 15) is 29.1 Å². The fraction of sp³-hybridized carbons (Fsp3) is 0.400. The van der Waals surface area contributed by atoms with E-state index in [1.807, 2.05) is 60.7 Å². The van der Waals surface area contributed by atoms with Gasteiger partial charge in [-0.05, 0) is 49.4 Å². The zero-order chi connectivity index (χ0) is 40.2. The number of amides is 3. The topological polar surface area (TPSA) is 199 Å². The van der Waals surface area contributed by atoms with Crippen molar-refractivity contribution in [3.63, 3.8) is 0 Å². The molecule has 4 N–H and O–H groups in total. The monoisotopic (exact) mass is 803 g/mol. The highest BCUT2D eigenvalue weighted by Gasteiger charge is 2.37. The van der Waals surface area contributed by atoms with Crippen molar-refractivity contribution in [2.45, 2.75) is 64.0 Å². The van der Waals surface area contributed by atoms with Gasteiger partial charge < -0.3 is 25.3 Å². The number of aromatic nitrogens is 4. The standard InChI is InChI=1S/C20H20ClN5O2.C20H26N2O5S/c21-15-3-1-13(2-4-15)19-18(16-5-8-22-12-23-16)20(25-24-19)14-6-9-26(10-7-14)17(28)11-27;1-13(12-28-14(2)23)19(25)22-10-6-9-17(22)18(24)21-16(20(26)27)11-15-7-4-3-5-8-15/h1-5,8,12,14,27H,6-7,9-11H2,(H,24,25);3-5,7-8,13,16-17H,6,9-12H2,1-2H3,(H,21,24)(H,26,27)/t;13-,16+,17+/m.1/s1. The number of aliphatic hydroxyl groups is 1. The smallest absolute Gasteiger partial charge is 0.326 e. The number of aliphatic carboxylic acids is 1. The van der Waals surface area contributed by atoms with Crippen molar-refractivity contribution < 1.29 is 34.2 Å². The lowest BCUT2D eigenvalue weighted by Crippen LogP contribution is -2.52. The summed E-state index contributed by atoms with van der Waals surface area (Å²) >= 11 is 7.12. The second kappa shape index (κ2) is 20.2. The third-order valence-corrected chi connectivity index (χ3v) is 11.2. The highest BCUT2D eigenvalue weighted by Crippen LogP contribution is 2.39. The summed E-state index contributed by atoms with van der Waals surface area (Å²) in [5.41, 5.74) is 5.35. The second-order valence-corrected chi connectivity index (χ2v) is 15.4. The summed E-state index contributed by atoms with van der Waals surface area (Å²) in [6.07, 6.45) is 6.20. The first-order chi connectivity index (χ1) is 27.0. The summed E-state index contributed by atoms with van der Waals surface area (Å²) in [5, 5.41) is 29.6. The molecule has 0 spiro atoms. The number of piperidine rings is 1. The van der Waals surface area contributed by atoms with E-state index in [2.05, 4.69) is 25.5 Å². The predicted molar refractivity (Wildman–Crippen MR) is 212 cm³/mol. The fourth-order valence-corrected chi connectivity index (χ4v) is 7.65. The molecule has 4 heterocycles. The van der Waals surface area contributed by atoms with Crippen LogP contribution in [0.15, 0.2) is 73.2 Å². The number of carbonyl (C=O) groups excluding carboxylic acids is 4. The summed E-state index contributed by atoms with van der Waals surface area (Å²) in [5.74, 6) is -1.75. The van der Waals surface area contributed by atoms with Gasteiger partial charge in [0.05, 0.1) is 5.69 Å². The zero-order valence-electron chi connectivity index (χ0n) is 31.3. The largest absolute Gasteiger partial charge is 0.480 e. The number of nitrogens with zero attached hydrogens (tertiary/aromatic N) is 5. The van der Waals surface area contributed by atoms with E-state index in [0.717, 1.165) is 58.4 Å². The number of aromatic amines is 1. The van der Waals surface area contributed by atoms with Crippen LogP contribution in [0.4, 0.5) is 0 Å². The van der Waals surface area contributed by atoms with E-state index in [-0.39, 0.29) is 35.2 Å². The molecule has 2 saturated heterocycles. The van der Waals surface area contributed by atoms with Gasteiger partial charge in [0.15, 0.2) is 5.12 Å². The number of carboxylic acids is 1. The quantitative estimate of drug-likeness (QED) is 0.156. The van der Waals surface area contributed by atoms with Crippen LogP contribution in [0.3, 0.4) is 0 Å². The molecule has 2 aliphatic rings. The molecule has 56 heavy (non-hydrogen) atoms. The maximum Gasteiger partial charge on any atom is 0.326 e. The lowest BCUT2D eigenvalue weighted by molar-refractivity contribution is -0.144. The number of halogens is 1. The Bertz CT molecular complexity index is 1960. The fourth-order valence-electron chi connectivity index (χ4n) is 6.90. The van der Waals surface area contributed by atoms with Crippen LogP contribution >= 0.6 is 23.4 Å². The summed E-state index contributed by atoms with van der Waals surface area (Å²) in [6, 6.07) is 16.8. The number of hydrogen-bond acceptors (Lipinski definition) is 10. The number of likely N-dealkylation sites (tertiary alicyclic amines) is 2. The third-order valence-electron chi connectivity index (χ3n) is 9.84. The van der Waals surface area contributed by atoms with Gasteiger partial charge in [-0.25, -0.2) is 14.8 Å². The third kappa shape index (κ3) is 11.0. The van der Waals surface area contributed by atoms with E-state index in [4.69, 9.17) is 16.7 Å². The number of nitrogens with one attached hydrogen (secondary N) is 2. The summed E-state index contributed by atoms with van der Waals surface area (Å²) in [6.45, 7) is 4.43. The normalized spacial score (nSPS) is 16.7. The van der Waals surface area contributed by atoms with Gasteiger partial charge in [0.1, 0.15) is 30.7 Å². The van der Waals surface area contributed by atoms with Gasteiger partial charge >= 0.3 is 5.97 Å². The van der Waals surface area contributed by atoms with Crippen molar-refractivity contribution in [2.75, 3.05) is 32.0 Å². The molecule has 2 aliphatic heterocycles. The Morgan fingerprint density at radius 1 is 1.00 bits per heavy atom. The SMILES string of the molecule is CC(=O)SC[C@@H](C)C(=O)N1CCC[C@H]1C(=O)N[C@@H](Cc1ccccc1)C(=O)O.O=C(CO)N1CCC(c2[nH]nc(-c3ccc(Cl)cc3)c2-c2ccncn2)CC1. The summed E-state index contributed by atoms with van der Waals surface area (Å²) in [7, 11) is 0. The minimum atomic E-state index is -1.11. The molecular formula is C40H46ClN7O7S. The van der Waals surface area contributed by atoms with Crippen molar-refractivity contribution in [1.82, 2.24) is 35.3 Å². The van der Waals surface area contributed by atoms with Gasteiger partial charge in [-0.15, -0.1) is 0 Å². The van der Waals surface area contributed by atoms with Gasteiger partial charge in [0.2, 0.25) is 17.7 Å². The van der Waals surface area contributed by atoms with Crippen LogP contribution in [0.25, 0.3) is 22.5 Å². The minimum Gasteiger partial charge on any atom is -0.480 e. The first kappa shape index (κ1) is 42.0. The van der Waals surface area contributed by atoms with Crippen molar-refractivity contribution in [1.29, 1.82) is 0 Å². The van der Waals surface area contributed by atoms with Crippen molar-refractivity contribution in [3.8, 4) is 22.5 Å². The molecule has 0 bridgehead atoms. The van der Waals surface area contributed by atoms with Crippen LogP contribution < -0.4 is 5.32 Å². The van der Waals surface area contributed by atoms with Crippen LogP contribution in [0, 0.1) is 5.92 Å². The van der Waals surface area contributed by atoms with E-state index >= 15 is 0 Å². The predicted octanol–water partition coefficient (Wildman–Crippen LogP) is 4.59. The molecule has 6 rings (SSSR count). The number of carbonyl (C=O) groups is 5. The molecular weight excluding hydrogens is 758 g/mol. The Morgan fingerprint density at radius 3 is 2.34 bits per heavy atom. The Labute approximate surface area is 334 Å². The molecule has 2 aromatic carbocycles. The van der Waals surface area contributed by atoms with Crippen LogP contribution in [0.5, 0.6) is 0 Å². The second-order valence-electron chi connectivity index (χ2n) is 13.8. The number of aliphatic hydroxyl groups excluding tert-OH is 1. The molecule has 3 atom stereocenters. The van der Waals surface area contributed by atoms with E-state index in [1.54, 1.807) is 18.0 Å². The van der Waals surface area contributed by atoms with Crippen LogP contribution in [-0.4, -0.2) is 113 Å². The number of thioether (sulfide) groups is 1. The van der Waals surface area contributed by atoms with Crippen molar-refractivity contribution >= 4 is 52.2 Å². The molecule has 3 amide bonds. The van der Waals surface area contributed by atoms with Gasteiger partial charge in [0.25, 0.3) is 0 Å². The van der Waals surface area contributed by atoms with Gasteiger partial charge in [0, 0.05) is 78.6 Å². The summed E-state index contributed by atoms with van der Waals surface area (Å²) < 4.78 is 0. The van der Waals surface area contributed by atoms with Gasteiger partial charge in [-0.2, -0.15) is 5.10 Å². The molecule has 0 aliphatic carbocycles. The van der Waals surface area contributed by atoms with Crippen LogP contribution in [0.2, 0.25) is 5.02 Å². The summed E-state index contributed by atoms with van der Waals surface area (Å²) in [4.78, 5) is 71.6. The number of hydrogen-bond donors (Lipinski definition) is 4. The Hall–Kier alpha value is -5.12. The number of H-pyrrole nitrogens is 1. The molecule has 4 aromatic rings. The van der Waals surface area contributed by atoms with E-state index in [0.29, 0.717) is 43.3 Å². The number of rotatable bonds is 12. The average Bonchev–Trinajstić information content (AvgIpc) is 3.89. The van der Waals surface area contributed by atoms with Gasteiger partial charge in [-0.3, -0.25) is 24.3 Å². The Morgan fingerprint density at radius 2 is 1.71 bits per heavy atom. The highest BCUT2D eigenvalue weighted by molar-refractivity contribution is 8.13. The van der Waals surface area contributed by atoms with E-state index in [1.165, 1.54) is 18.2 Å². The zero-order valence-corrected chi connectivity index (χ0v) is 32.8. The maximum absolute atomic E-state index is 12.7. The molecule has 16 heteroatoms. The molecule has 296 valence electrons. The molecule has 0 unspecified atom stereocenters. The highest BCUT2D eigenvalue weighted by atomic mass is 35.5. The van der Waals surface area contributed by atoms with Crippen molar-refractivity contribution in [3.05, 3.63) is 89.5 Å². The number of carboxylic acid groups (broad SMARTS) is 1. The molecule has 0 saturated carbocycles.